The number of aliphatic hydroxyl groups excluding tert-OH is 1. The van der Waals surface area contributed by atoms with Gasteiger partial charge in [0.25, 0.3) is 0 Å². The van der Waals surface area contributed by atoms with E-state index in [4.69, 9.17) is 9.84 Å². The van der Waals surface area contributed by atoms with Crippen molar-refractivity contribution in [3.05, 3.63) is 30.1 Å². The van der Waals surface area contributed by atoms with Crippen molar-refractivity contribution in [2.75, 3.05) is 40.0 Å². The first-order valence-electron chi connectivity index (χ1n) is 5.58. The van der Waals surface area contributed by atoms with Crippen LogP contribution in [0.25, 0.3) is 0 Å². The number of aliphatic hydroxyl groups is 1. The van der Waals surface area contributed by atoms with Gasteiger partial charge in [-0.1, -0.05) is 6.07 Å². The van der Waals surface area contributed by atoms with Crippen molar-refractivity contribution in [1.29, 1.82) is 0 Å². The molecule has 0 bridgehead atoms. The van der Waals surface area contributed by atoms with Crippen LogP contribution in [-0.2, 0) is 11.2 Å². The Hall–Kier alpha value is -0.970. The van der Waals surface area contributed by atoms with E-state index < -0.39 is 0 Å². The minimum Gasteiger partial charge on any atom is -0.395 e. The van der Waals surface area contributed by atoms with Crippen LogP contribution >= 0.6 is 0 Å². The molecule has 0 amide bonds. The van der Waals surface area contributed by atoms with Crippen LogP contribution in [0.15, 0.2) is 24.5 Å². The SMILES string of the molecule is COCCN(CCO)CCc1cccnc1. The highest BCUT2D eigenvalue weighted by atomic mass is 16.5. The van der Waals surface area contributed by atoms with Crippen LogP contribution in [0.3, 0.4) is 0 Å². The largest absolute Gasteiger partial charge is 0.395 e. The first-order chi connectivity index (χ1) is 7.86. The number of hydrogen-bond donors (Lipinski definition) is 1. The summed E-state index contributed by atoms with van der Waals surface area (Å²) in [6, 6.07) is 4.02. The number of pyridine rings is 1. The van der Waals surface area contributed by atoms with Crippen LogP contribution in [0.2, 0.25) is 0 Å². The second kappa shape index (κ2) is 8.21. The zero-order valence-corrected chi connectivity index (χ0v) is 9.80. The molecule has 0 aliphatic heterocycles. The first kappa shape index (κ1) is 13.1. The summed E-state index contributed by atoms with van der Waals surface area (Å²) in [7, 11) is 1.69. The second-order valence-corrected chi connectivity index (χ2v) is 3.67. The Balaban J connectivity index is 2.31. The Morgan fingerprint density at radius 2 is 2.25 bits per heavy atom. The first-order valence-corrected chi connectivity index (χ1v) is 5.58. The summed E-state index contributed by atoms with van der Waals surface area (Å²) in [5.41, 5.74) is 1.22. The third kappa shape index (κ3) is 5.21. The number of methoxy groups -OCH3 is 1. The highest BCUT2D eigenvalue weighted by molar-refractivity contribution is 5.08. The molecule has 4 heteroatoms. The molecule has 0 atom stereocenters. The number of rotatable bonds is 8. The molecule has 1 rings (SSSR count). The lowest BCUT2D eigenvalue weighted by Gasteiger charge is -2.20. The molecule has 4 nitrogen and oxygen atoms in total. The molecule has 90 valence electrons. The Labute approximate surface area is 96.9 Å². The van der Waals surface area contributed by atoms with Crippen LogP contribution in [0.5, 0.6) is 0 Å². The predicted octanol–water partition coefficient (Wildman–Crippen LogP) is 0.565. The molecule has 1 N–H and O–H groups in total. The van der Waals surface area contributed by atoms with Crippen molar-refractivity contribution in [3.63, 3.8) is 0 Å². The van der Waals surface area contributed by atoms with Crippen LogP contribution in [0.1, 0.15) is 5.56 Å². The number of hydrogen-bond acceptors (Lipinski definition) is 4. The minimum atomic E-state index is 0.191. The zero-order chi connectivity index (χ0) is 11.6. The highest BCUT2D eigenvalue weighted by Crippen LogP contribution is 1.99. The van der Waals surface area contributed by atoms with E-state index in [-0.39, 0.29) is 6.61 Å². The predicted molar refractivity (Wildman–Crippen MR) is 63.3 cm³/mol. The van der Waals surface area contributed by atoms with Gasteiger partial charge in [-0.2, -0.15) is 0 Å². The molecule has 0 aliphatic rings. The molecule has 0 saturated carbocycles. The van der Waals surface area contributed by atoms with E-state index in [1.54, 1.807) is 13.3 Å². The maximum Gasteiger partial charge on any atom is 0.0589 e. The quantitative estimate of drug-likeness (QED) is 0.701. The number of aromatic nitrogens is 1. The van der Waals surface area contributed by atoms with Gasteiger partial charge in [0.05, 0.1) is 13.2 Å². The Bertz CT molecular complexity index is 267. The van der Waals surface area contributed by atoms with Crippen molar-refractivity contribution in [2.45, 2.75) is 6.42 Å². The standard InChI is InChI=1S/C12H20N2O2/c1-16-10-8-14(7-9-15)6-4-12-3-2-5-13-11-12/h2-3,5,11,15H,4,6-10H2,1H3. The van der Waals surface area contributed by atoms with Crippen molar-refractivity contribution in [3.8, 4) is 0 Å². The van der Waals surface area contributed by atoms with Crippen molar-refractivity contribution < 1.29 is 9.84 Å². The maximum atomic E-state index is 8.94. The summed E-state index contributed by atoms with van der Waals surface area (Å²) in [6.07, 6.45) is 4.62. The average molecular weight is 224 g/mol. The van der Waals surface area contributed by atoms with Gasteiger partial charge >= 0.3 is 0 Å². The summed E-state index contributed by atoms with van der Waals surface area (Å²) < 4.78 is 5.04. The molecular weight excluding hydrogens is 204 g/mol. The molecule has 0 aromatic carbocycles. The molecular formula is C12H20N2O2. The molecule has 1 aromatic rings. The van der Waals surface area contributed by atoms with Crippen molar-refractivity contribution in [2.24, 2.45) is 0 Å². The van der Waals surface area contributed by atoms with Gasteiger partial charge in [-0.3, -0.25) is 9.88 Å². The van der Waals surface area contributed by atoms with Crippen LogP contribution < -0.4 is 0 Å². The lowest BCUT2D eigenvalue weighted by atomic mass is 10.2. The molecule has 0 fully saturated rings. The normalized spacial score (nSPS) is 10.9. The maximum absolute atomic E-state index is 8.94. The molecule has 1 heterocycles. The Kier molecular flexibility index (Phi) is 6.72. The van der Waals surface area contributed by atoms with E-state index in [0.29, 0.717) is 13.2 Å². The van der Waals surface area contributed by atoms with Gasteiger partial charge in [0.2, 0.25) is 0 Å². The fourth-order valence-electron chi connectivity index (χ4n) is 1.53. The second-order valence-electron chi connectivity index (χ2n) is 3.67. The number of nitrogens with zero attached hydrogens (tertiary/aromatic N) is 2. The van der Waals surface area contributed by atoms with Crippen LogP contribution in [0.4, 0.5) is 0 Å². The van der Waals surface area contributed by atoms with Gasteiger partial charge in [0, 0.05) is 39.1 Å². The van der Waals surface area contributed by atoms with E-state index in [1.807, 2.05) is 12.3 Å². The lowest BCUT2D eigenvalue weighted by molar-refractivity contribution is 0.131. The number of ether oxygens (including phenoxy) is 1. The van der Waals surface area contributed by atoms with Gasteiger partial charge in [-0.05, 0) is 18.1 Å². The summed E-state index contributed by atoms with van der Waals surface area (Å²) in [5, 5.41) is 8.94. The van der Waals surface area contributed by atoms with Gasteiger partial charge in [0.1, 0.15) is 0 Å². The monoisotopic (exact) mass is 224 g/mol. The van der Waals surface area contributed by atoms with Crippen LogP contribution in [0, 0.1) is 0 Å². The summed E-state index contributed by atoms with van der Waals surface area (Å²) in [5.74, 6) is 0. The smallest absolute Gasteiger partial charge is 0.0589 e. The molecule has 0 radical (unpaired) electrons. The highest BCUT2D eigenvalue weighted by Gasteiger charge is 2.04. The van der Waals surface area contributed by atoms with Crippen molar-refractivity contribution in [1.82, 2.24) is 9.88 Å². The molecule has 0 unspecified atom stereocenters. The lowest BCUT2D eigenvalue weighted by Crippen LogP contribution is -2.32. The van der Waals surface area contributed by atoms with Crippen molar-refractivity contribution >= 4 is 0 Å². The zero-order valence-electron chi connectivity index (χ0n) is 9.80. The molecule has 1 aromatic heterocycles. The van der Waals surface area contributed by atoms with Gasteiger partial charge in [0.15, 0.2) is 0 Å². The van der Waals surface area contributed by atoms with E-state index in [0.717, 1.165) is 19.5 Å². The van der Waals surface area contributed by atoms with E-state index in [1.165, 1.54) is 5.56 Å². The van der Waals surface area contributed by atoms with Gasteiger partial charge in [-0.25, -0.2) is 0 Å². The Morgan fingerprint density at radius 3 is 2.88 bits per heavy atom. The molecule has 16 heavy (non-hydrogen) atoms. The minimum absolute atomic E-state index is 0.191. The average Bonchev–Trinajstić information content (AvgIpc) is 2.34. The summed E-state index contributed by atoms with van der Waals surface area (Å²) >= 11 is 0. The van der Waals surface area contributed by atoms with E-state index in [9.17, 15) is 0 Å². The van der Waals surface area contributed by atoms with E-state index in [2.05, 4.69) is 16.0 Å². The Morgan fingerprint density at radius 1 is 1.38 bits per heavy atom. The molecule has 0 aliphatic carbocycles. The topological polar surface area (TPSA) is 45.6 Å². The molecule has 0 saturated heterocycles. The summed E-state index contributed by atoms with van der Waals surface area (Å²) in [6.45, 7) is 3.38. The van der Waals surface area contributed by atoms with Crippen LogP contribution in [-0.4, -0.2) is 54.9 Å². The summed E-state index contributed by atoms with van der Waals surface area (Å²) in [4.78, 5) is 6.27. The van der Waals surface area contributed by atoms with Gasteiger partial charge < -0.3 is 9.84 Å². The fraction of sp³-hybridized carbons (Fsp3) is 0.583. The third-order valence-electron chi connectivity index (χ3n) is 2.47. The fourth-order valence-corrected chi connectivity index (χ4v) is 1.53. The third-order valence-corrected chi connectivity index (χ3v) is 2.47. The van der Waals surface area contributed by atoms with E-state index >= 15 is 0 Å². The molecule has 0 spiro atoms. The van der Waals surface area contributed by atoms with Gasteiger partial charge in [-0.15, -0.1) is 0 Å².